The van der Waals surface area contributed by atoms with Gasteiger partial charge in [-0.3, -0.25) is 15.3 Å². The van der Waals surface area contributed by atoms with Gasteiger partial charge in [0.25, 0.3) is 5.91 Å². The number of nitrogens with one attached hydrogen (secondary N) is 1. The molecule has 63 valence electrons. The fourth-order valence-electron chi connectivity index (χ4n) is 0.280. The first-order chi connectivity index (χ1) is 5.07. The van der Waals surface area contributed by atoms with Crippen LogP contribution in [-0.4, -0.2) is 29.7 Å². The molecule has 0 aliphatic carbocycles. The molecule has 0 heterocycles. The van der Waals surface area contributed by atoms with Crippen LogP contribution in [0, 0.1) is 0 Å². The molecule has 0 aliphatic rings. The van der Waals surface area contributed by atoms with E-state index in [0.29, 0.717) is 0 Å². The molecule has 0 aliphatic heterocycles. The summed E-state index contributed by atoms with van der Waals surface area (Å²) in [6.45, 7) is -0.296. The van der Waals surface area contributed by atoms with Crippen LogP contribution in [0.5, 0.6) is 0 Å². The highest BCUT2D eigenvalue weighted by molar-refractivity contribution is 6.30. The molecule has 1 atom stereocenters. The molecule has 0 fully saturated rings. The monoisotopic (exact) mass is 198 g/mol. The first kappa shape index (κ1) is 10.5. The first-order valence-electron chi connectivity index (χ1n) is 2.69. The predicted molar refractivity (Wildman–Crippen MR) is 39.4 cm³/mol. The third-order valence-electron chi connectivity index (χ3n) is 0.784. The molecule has 0 aromatic rings. The summed E-state index contributed by atoms with van der Waals surface area (Å²) in [6, 6.07) is 0. The largest absolute Gasteiger partial charge is 0.463 e. The molecule has 0 aromatic carbocycles. The Morgan fingerprint density at radius 1 is 1.55 bits per heavy atom. The molecule has 1 radical (unpaired) electrons. The van der Waals surface area contributed by atoms with Crippen molar-refractivity contribution in [2.24, 2.45) is 0 Å². The lowest BCUT2D eigenvalue weighted by atomic mass is 10.4. The Bertz CT molecular complexity index is 162. The summed E-state index contributed by atoms with van der Waals surface area (Å²) in [5, 5.41) is -1.10. The molecule has 1 N–H and O–H groups in total. The maximum atomic E-state index is 10.4. The highest BCUT2D eigenvalue weighted by Crippen LogP contribution is 1.96. The van der Waals surface area contributed by atoms with Crippen LogP contribution in [0.15, 0.2) is 0 Å². The van der Waals surface area contributed by atoms with Crippen molar-refractivity contribution in [3.05, 3.63) is 0 Å². The average Bonchev–Trinajstić information content (AvgIpc) is 1.99. The van der Waals surface area contributed by atoms with Gasteiger partial charge >= 0.3 is 5.97 Å². The van der Waals surface area contributed by atoms with Gasteiger partial charge in [-0.2, -0.15) is 0 Å². The highest BCUT2D eigenvalue weighted by atomic mass is 35.5. The zero-order valence-corrected chi connectivity index (χ0v) is 6.98. The number of alkyl halides is 2. The number of amides is 1. The smallest absolute Gasteiger partial charge is 0.320 e. The number of hydrogen-bond donors (Lipinski definition) is 0. The molecule has 1 unspecified atom stereocenters. The van der Waals surface area contributed by atoms with Crippen LogP contribution in [0.4, 0.5) is 0 Å². The minimum absolute atomic E-state index is 0.282. The molecule has 11 heavy (non-hydrogen) atoms. The van der Waals surface area contributed by atoms with E-state index in [-0.39, 0.29) is 12.5 Å². The third-order valence-corrected chi connectivity index (χ3v) is 1.33. The Labute approximate surface area is 73.6 Å². The normalized spacial score (nSPS) is 12.2. The zero-order chi connectivity index (χ0) is 8.85. The number of carbonyl (C=O) groups excluding carboxylic acids is 2. The molecule has 0 aromatic heterocycles. The van der Waals surface area contributed by atoms with Gasteiger partial charge in [0.1, 0.15) is 17.9 Å². The zero-order valence-electron chi connectivity index (χ0n) is 5.47. The second-order valence-corrected chi connectivity index (χ2v) is 2.44. The highest BCUT2D eigenvalue weighted by Gasteiger charge is 2.13. The molecular formula is C5H6Cl2NO3. The molecule has 0 bridgehead atoms. The van der Waals surface area contributed by atoms with Gasteiger partial charge in [-0.25, -0.2) is 0 Å². The maximum Gasteiger partial charge on any atom is 0.320 e. The van der Waals surface area contributed by atoms with E-state index in [9.17, 15) is 9.59 Å². The van der Waals surface area contributed by atoms with Gasteiger partial charge < -0.3 is 4.74 Å². The fraction of sp³-hybridized carbons (Fsp3) is 0.600. The van der Waals surface area contributed by atoms with Crippen LogP contribution >= 0.6 is 23.2 Å². The maximum absolute atomic E-state index is 10.4. The Morgan fingerprint density at radius 3 is 2.45 bits per heavy atom. The van der Waals surface area contributed by atoms with Crippen LogP contribution in [-0.2, 0) is 14.3 Å². The average molecular weight is 199 g/mol. The van der Waals surface area contributed by atoms with Crippen LogP contribution in [0.25, 0.3) is 0 Å². The summed E-state index contributed by atoms with van der Waals surface area (Å²) in [7, 11) is 0. The molecule has 0 spiro atoms. The van der Waals surface area contributed by atoms with Gasteiger partial charge in [-0.1, -0.05) is 0 Å². The molecule has 4 nitrogen and oxygen atoms in total. The Kier molecular flexibility index (Phi) is 4.98. The topological polar surface area (TPSA) is 67.2 Å². The van der Waals surface area contributed by atoms with E-state index in [4.69, 9.17) is 28.9 Å². The molecule has 6 heteroatoms. The van der Waals surface area contributed by atoms with Gasteiger partial charge in [0.2, 0.25) is 0 Å². The molecule has 0 saturated carbocycles. The van der Waals surface area contributed by atoms with Crippen LogP contribution in [0.1, 0.15) is 0 Å². The lowest BCUT2D eigenvalue weighted by Crippen LogP contribution is -2.23. The van der Waals surface area contributed by atoms with Gasteiger partial charge in [-0.05, 0) is 0 Å². The first-order valence-corrected chi connectivity index (χ1v) is 3.66. The second kappa shape index (κ2) is 5.21. The molecule has 0 rings (SSSR count). The van der Waals surface area contributed by atoms with Crippen molar-refractivity contribution in [2.75, 3.05) is 12.5 Å². The van der Waals surface area contributed by atoms with E-state index in [2.05, 4.69) is 4.74 Å². The summed E-state index contributed by atoms with van der Waals surface area (Å²) >= 11 is 10.3. The van der Waals surface area contributed by atoms with Crippen molar-refractivity contribution in [1.82, 2.24) is 5.73 Å². The summed E-state index contributed by atoms with van der Waals surface area (Å²) < 4.78 is 4.37. The minimum Gasteiger partial charge on any atom is -0.463 e. The molecule has 1 amide bonds. The summed E-state index contributed by atoms with van der Waals surface area (Å²) in [4.78, 5) is 20.5. The number of ether oxygens (including phenoxy) is 1. The number of esters is 1. The quantitative estimate of drug-likeness (QED) is 0.479. The van der Waals surface area contributed by atoms with Crippen LogP contribution in [0.2, 0.25) is 0 Å². The van der Waals surface area contributed by atoms with Crippen molar-refractivity contribution >= 4 is 35.1 Å². The van der Waals surface area contributed by atoms with Crippen LogP contribution in [0.3, 0.4) is 0 Å². The number of halogens is 2. The van der Waals surface area contributed by atoms with Gasteiger partial charge in [0.15, 0.2) is 0 Å². The van der Waals surface area contributed by atoms with Crippen LogP contribution < -0.4 is 5.73 Å². The number of carbonyl (C=O) groups is 2. The van der Waals surface area contributed by atoms with Crippen molar-refractivity contribution in [2.45, 2.75) is 5.38 Å². The number of hydrogen-bond acceptors (Lipinski definition) is 3. The molecular weight excluding hydrogens is 193 g/mol. The lowest BCUT2D eigenvalue weighted by Gasteiger charge is -2.03. The van der Waals surface area contributed by atoms with E-state index in [0.717, 1.165) is 0 Å². The summed E-state index contributed by atoms with van der Waals surface area (Å²) in [5.41, 5.74) is 6.49. The Hall–Kier alpha value is -0.480. The molecule has 0 saturated heterocycles. The summed E-state index contributed by atoms with van der Waals surface area (Å²) in [6.07, 6.45) is 0. The van der Waals surface area contributed by atoms with Gasteiger partial charge in [0, 0.05) is 0 Å². The van der Waals surface area contributed by atoms with Crippen molar-refractivity contribution in [3.8, 4) is 0 Å². The summed E-state index contributed by atoms with van der Waals surface area (Å²) in [5.74, 6) is -1.91. The predicted octanol–water partition coefficient (Wildman–Crippen LogP) is 0.185. The van der Waals surface area contributed by atoms with Crippen molar-refractivity contribution in [3.63, 3.8) is 0 Å². The van der Waals surface area contributed by atoms with E-state index in [1.54, 1.807) is 0 Å². The van der Waals surface area contributed by atoms with Crippen molar-refractivity contribution in [1.29, 1.82) is 0 Å². The fourth-order valence-corrected chi connectivity index (χ4v) is 0.421. The second-order valence-electron chi connectivity index (χ2n) is 1.65. The number of rotatable bonds is 4. The van der Waals surface area contributed by atoms with E-state index in [1.807, 2.05) is 0 Å². The van der Waals surface area contributed by atoms with E-state index >= 15 is 0 Å². The van der Waals surface area contributed by atoms with E-state index < -0.39 is 17.3 Å². The minimum atomic E-state index is -1.10. The van der Waals surface area contributed by atoms with Crippen molar-refractivity contribution < 1.29 is 14.3 Å². The van der Waals surface area contributed by atoms with Gasteiger partial charge in [-0.15, -0.1) is 23.2 Å². The lowest BCUT2D eigenvalue weighted by molar-refractivity contribution is -0.141. The van der Waals surface area contributed by atoms with E-state index in [1.165, 1.54) is 0 Å². The standard InChI is InChI=1S/C5H6Cl2NO3/c6-1-4(9)11-2-3(7)5(8)10/h3,8H,1-2H2. The SMILES string of the molecule is [NH]C(=O)C(Cl)COC(=O)CCl. The Balaban J connectivity index is 3.54. The van der Waals surface area contributed by atoms with Gasteiger partial charge in [0.05, 0.1) is 0 Å². The Morgan fingerprint density at radius 2 is 2.09 bits per heavy atom. The third kappa shape index (κ3) is 4.86.